The quantitative estimate of drug-likeness (QED) is 0.873. The fourth-order valence-electron chi connectivity index (χ4n) is 1.65. The minimum absolute atomic E-state index is 0.0203. The summed E-state index contributed by atoms with van der Waals surface area (Å²) in [5, 5.41) is 0. The minimum atomic E-state index is -0.0203. The van der Waals surface area contributed by atoms with Crippen LogP contribution in [0.2, 0.25) is 0 Å². The average Bonchev–Trinajstić information content (AvgIpc) is 2.39. The normalized spacial score (nSPS) is 10.1. The van der Waals surface area contributed by atoms with E-state index in [1.807, 2.05) is 36.4 Å². The second-order valence-electron chi connectivity index (χ2n) is 3.96. The molecule has 0 atom stereocenters. The number of rotatable bonds is 3. The maximum absolute atomic E-state index is 12.2. The van der Waals surface area contributed by atoms with E-state index >= 15 is 0 Å². The molecular formula is C14H13BrN2O. The fourth-order valence-corrected chi connectivity index (χ4v) is 2.10. The Morgan fingerprint density at radius 1 is 1.22 bits per heavy atom. The van der Waals surface area contributed by atoms with Crippen molar-refractivity contribution in [3.05, 3.63) is 64.4 Å². The summed E-state index contributed by atoms with van der Waals surface area (Å²) in [6.07, 6.45) is 1.73. The number of carbonyl (C=O) groups excluding carboxylic acids is 1. The second-order valence-corrected chi connectivity index (χ2v) is 4.82. The predicted molar refractivity (Wildman–Crippen MR) is 74.2 cm³/mol. The molecule has 0 fully saturated rings. The van der Waals surface area contributed by atoms with E-state index in [9.17, 15) is 4.79 Å². The van der Waals surface area contributed by atoms with Crippen LogP contribution in [0.1, 0.15) is 16.1 Å². The van der Waals surface area contributed by atoms with Crippen LogP contribution in [0, 0.1) is 0 Å². The number of benzene rings is 1. The monoisotopic (exact) mass is 304 g/mol. The molecule has 0 saturated heterocycles. The van der Waals surface area contributed by atoms with E-state index in [2.05, 4.69) is 20.9 Å². The van der Waals surface area contributed by atoms with Gasteiger partial charge in [0.15, 0.2) is 0 Å². The molecule has 1 aromatic heterocycles. The zero-order valence-corrected chi connectivity index (χ0v) is 11.6. The first-order chi connectivity index (χ1) is 8.68. The molecule has 0 bridgehead atoms. The Morgan fingerprint density at radius 2 is 1.94 bits per heavy atom. The Balaban J connectivity index is 2.13. The number of hydrogen-bond acceptors (Lipinski definition) is 2. The van der Waals surface area contributed by atoms with Gasteiger partial charge in [-0.2, -0.15) is 0 Å². The third-order valence-corrected chi connectivity index (χ3v) is 3.27. The molecule has 18 heavy (non-hydrogen) atoms. The molecule has 0 spiro atoms. The predicted octanol–water partition coefficient (Wildman–Crippen LogP) is 3.12. The molecule has 1 amide bonds. The lowest BCUT2D eigenvalue weighted by atomic mass is 10.2. The van der Waals surface area contributed by atoms with Crippen molar-refractivity contribution >= 4 is 21.8 Å². The van der Waals surface area contributed by atoms with Crippen molar-refractivity contribution in [2.24, 2.45) is 0 Å². The lowest BCUT2D eigenvalue weighted by molar-refractivity contribution is 0.0782. The van der Waals surface area contributed by atoms with Gasteiger partial charge in [-0.15, -0.1) is 0 Å². The summed E-state index contributed by atoms with van der Waals surface area (Å²) in [7, 11) is 1.77. The van der Waals surface area contributed by atoms with Gasteiger partial charge in [-0.25, -0.2) is 0 Å². The summed E-state index contributed by atoms with van der Waals surface area (Å²) < 4.78 is 0.808. The van der Waals surface area contributed by atoms with Crippen LogP contribution >= 0.6 is 15.9 Å². The van der Waals surface area contributed by atoms with Crippen molar-refractivity contribution < 1.29 is 4.79 Å². The number of amides is 1. The van der Waals surface area contributed by atoms with Gasteiger partial charge in [0.2, 0.25) is 0 Å². The van der Waals surface area contributed by atoms with Gasteiger partial charge >= 0.3 is 0 Å². The Morgan fingerprint density at radius 3 is 2.61 bits per heavy atom. The molecule has 0 aliphatic carbocycles. The molecule has 1 heterocycles. The Kier molecular flexibility index (Phi) is 4.10. The van der Waals surface area contributed by atoms with E-state index in [0.29, 0.717) is 12.1 Å². The topological polar surface area (TPSA) is 33.2 Å². The van der Waals surface area contributed by atoms with E-state index in [4.69, 9.17) is 0 Å². The summed E-state index contributed by atoms with van der Waals surface area (Å²) in [4.78, 5) is 18.1. The largest absolute Gasteiger partial charge is 0.336 e. The highest BCUT2D eigenvalue weighted by Gasteiger charge is 2.14. The summed E-state index contributed by atoms with van der Waals surface area (Å²) in [5.74, 6) is -0.0203. The van der Waals surface area contributed by atoms with Gasteiger partial charge in [0.25, 0.3) is 5.91 Å². The van der Waals surface area contributed by atoms with Crippen LogP contribution < -0.4 is 0 Å². The maximum Gasteiger partial charge on any atom is 0.255 e. The zero-order valence-electron chi connectivity index (χ0n) is 10.0. The molecule has 0 N–H and O–H groups in total. The number of halogens is 1. The first-order valence-electron chi connectivity index (χ1n) is 5.58. The highest BCUT2D eigenvalue weighted by Crippen LogP contribution is 2.18. The van der Waals surface area contributed by atoms with E-state index in [0.717, 1.165) is 10.2 Å². The van der Waals surface area contributed by atoms with Crippen LogP contribution in [0.15, 0.2) is 53.1 Å². The summed E-state index contributed by atoms with van der Waals surface area (Å²) >= 11 is 3.39. The van der Waals surface area contributed by atoms with Gasteiger partial charge in [0.1, 0.15) is 0 Å². The van der Waals surface area contributed by atoms with E-state index < -0.39 is 0 Å². The van der Waals surface area contributed by atoms with Crippen LogP contribution in [0.4, 0.5) is 0 Å². The van der Waals surface area contributed by atoms with Gasteiger partial charge in [0, 0.05) is 17.7 Å². The summed E-state index contributed by atoms with van der Waals surface area (Å²) in [6, 6.07) is 13.1. The van der Waals surface area contributed by atoms with Crippen molar-refractivity contribution in [2.45, 2.75) is 6.54 Å². The Labute approximate surface area is 115 Å². The van der Waals surface area contributed by atoms with Gasteiger partial charge in [-0.1, -0.05) is 18.2 Å². The van der Waals surface area contributed by atoms with Crippen LogP contribution in [0.3, 0.4) is 0 Å². The molecule has 0 radical (unpaired) electrons. The third kappa shape index (κ3) is 2.96. The number of hydrogen-bond donors (Lipinski definition) is 0. The van der Waals surface area contributed by atoms with Crippen molar-refractivity contribution in [3.8, 4) is 0 Å². The molecule has 92 valence electrons. The van der Waals surface area contributed by atoms with Crippen molar-refractivity contribution in [3.63, 3.8) is 0 Å². The molecule has 2 rings (SSSR count). The molecule has 2 aromatic rings. The Hall–Kier alpha value is -1.68. The molecule has 0 aliphatic rings. The number of aromatic nitrogens is 1. The Bertz CT molecular complexity index is 543. The molecule has 0 unspecified atom stereocenters. The van der Waals surface area contributed by atoms with Gasteiger partial charge in [0.05, 0.1) is 17.8 Å². The SMILES string of the molecule is CN(Cc1ccccn1)C(=O)c1ccccc1Br. The van der Waals surface area contributed by atoms with Crippen LogP contribution in [-0.2, 0) is 6.54 Å². The highest BCUT2D eigenvalue weighted by atomic mass is 79.9. The molecule has 0 saturated carbocycles. The lowest BCUT2D eigenvalue weighted by Gasteiger charge is -2.17. The van der Waals surface area contributed by atoms with Gasteiger partial charge in [-0.3, -0.25) is 9.78 Å². The molecular weight excluding hydrogens is 292 g/mol. The van der Waals surface area contributed by atoms with Crippen molar-refractivity contribution in [1.82, 2.24) is 9.88 Å². The fraction of sp³-hybridized carbons (Fsp3) is 0.143. The van der Waals surface area contributed by atoms with Crippen molar-refractivity contribution in [2.75, 3.05) is 7.05 Å². The van der Waals surface area contributed by atoms with Crippen LogP contribution in [0.25, 0.3) is 0 Å². The first-order valence-corrected chi connectivity index (χ1v) is 6.37. The van der Waals surface area contributed by atoms with Crippen LogP contribution in [-0.4, -0.2) is 22.8 Å². The van der Waals surface area contributed by atoms with Gasteiger partial charge in [-0.05, 0) is 40.2 Å². The van der Waals surface area contributed by atoms with E-state index in [1.165, 1.54) is 0 Å². The zero-order chi connectivity index (χ0) is 13.0. The van der Waals surface area contributed by atoms with Crippen LogP contribution in [0.5, 0.6) is 0 Å². The number of nitrogens with zero attached hydrogens (tertiary/aromatic N) is 2. The van der Waals surface area contributed by atoms with Gasteiger partial charge < -0.3 is 4.90 Å². The smallest absolute Gasteiger partial charge is 0.255 e. The first kappa shape index (κ1) is 12.8. The molecule has 3 nitrogen and oxygen atoms in total. The third-order valence-electron chi connectivity index (χ3n) is 2.58. The highest BCUT2D eigenvalue weighted by molar-refractivity contribution is 9.10. The summed E-state index contributed by atoms with van der Waals surface area (Å²) in [6.45, 7) is 0.501. The number of carbonyl (C=O) groups is 1. The van der Waals surface area contributed by atoms with Crippen molar-refractivity contribution in [1.29, 1.82) is 0 Å². The number of pyridine rings is 1. The van der Waals surface area contributed by atoms with E-state index in [-0.39, 0.29) is 5.91 Å². The molecule has 1 aromatic carbocycles. The molecule has 0 aliphatic heterocycles. The molecule has 4 heteroatoms. The van der Waals surface area contributed by atoms with E-state index in [1.54, 1.807) is 24.2 Å². The lowest BCUT2D eigenvalue weighted by Crippen LogP contribution is -2.26. The maximum atomic E-state index is 12.2. The minimum Gasteiger partial charge on any atom is -0.336 e. The second kappa shape index (κ2) is 5.78. The average molecular weight is 305 g/mol. The summed E-state index contributed by atoms with van der Waals surface area (Å²) in [5.41, 5.74) is 1.54. The standard InChI is InChI=1S/C14H13BrN2O/c1-17(10-11-6-4-5-9-16-11)14(18)12-7-2-3-8-13(12)15/h2-9H,10H2,1H3.